The maximum Gasteiger partial charge on any atom is 0.404 e. The first-order valence-corrected chi connectivity index (χ1v) is 4.29. The molecule has 76 valence electrons. The average Bonchev–Trinajstić information content (AvgIpc) is 2.16. The van der Waals surface area contributed by atoms with Crippen LogP contribution < -0.4 is 5.32 Å². The van der Waals surface area contributed by atoms with Gasteiger partial charge in [0.05, 0.1) is 6.67 Å². The first kappa shape index (κ1) is 10.2. The molecular weight excluding hydrogens is 177 g/mol. The molecule has 0 spiro atoms. The van der Waals surface area contributed by atoms with E-state index in [-0.39, 0.29) is 6.54 Å². The molecule has 0 saturated carbocycles. The van der Waals surface area contributed by atoms with E-state index in [1.807, 2.05) is 0 Å². The van der Waals surface area contributed by atoms with Crippen molar-refractivity contribution in [1.29, 1.82) is 0 Å². The number of hydrogen-bond donors (Lipinski definition) is 2. The van der Waals surface area contributed by atoms with Crippen molar-refractivity contribution in [1.82, 2.24) is 5.32 Å². The highest BCUT2D eigenvalue weighted by Crippen LogP contribution is 2.30. The van der Waals surface area contributed by atoms with Crippen LogP contribution in [0.2, 0.25) is 0 Å². The molecule has 0 radical (unpaired) electrons. The molecule has 0 aromatic heterocycles. The van der Waals surface area contributed by atoms with Gasteiger partial charge in [0.25, 0.3) is 0 Å². The Morgan fingerprint density at radius 3 is 2.62 bits per heavy atom. The van der Waals surface area contributed by atoms with Crippen LogP contribution in [0.4, 0.5) is 9.18 Å². The Hall–Kier alpha value is -0.840. The van der Waals surface area contributed by atoms with Gasteiger partial charge in [-0.3, -0.25) is 4.39 Å². The topological polar surface area (TPSA) is 58.6 Å². The standard InChI is InChI=1S/C8H14FNO3/c9-5-8(6-10-7(11)12)1-3-13-4-2-8/h10H,1-6H2,(H,11,12). The fourth-order valence-corrected chi connectivity index (χ4v) is 1.43. The van der Waals surface area contributed by atoms with Crippen molar-refractivity contribution in [3.63, 3.8) is 0 Å². The largest absolute Gasteiger partial charge is 0.465 e. The van der Waals surface area contributed by atoms with Gasteiger partial charge in [-0.05, 0) is 12.8 Å². The smallest absolute Gasteiger partial charge is 0.404 e. The van der Waals surface area contributed by atoms with Crippen LogP contribution in [0.25, 0.3) is 0 Å². The molecule has 1 aliphatic rings. The van der Waals surface area contributed by atoms with Crippen molar-refractivity contribution < 1.29 is 19.0 Å². The average molecular weight is 191 g/mol. The van der Waals surface area contributed by atoms with E-state index in [4.69, 9.17) is 9.84 Å². The summed E-state index contributed by atoms with van der Waals surface area (Å²) >= 11 is 0. The van der Waals surface area contributed by atoms with Gasteiger partial charge in [0.2, 0.25) is 0 Å². The van der Waals surface area contributed by atoms with E-state index in [2.05, 4.69) is 5.32 Å². The molecule has 13 heavy (non-hydrogen) atoms. The van der Waals surface area contributed by atoms with E-state index in [0.717, 1.165) is 0 Å². The summed E-state index contributed by atoms with van der Waals surface area (Å²) in [5, 5.41) is 10.6. The van der Waals surface area contributed by atoms with Crippen LogP contribution in [-0.2, 0) is 4.74 Å². The lowest BCUT2D eigenvalue weighted by molar-refractivity contribution is 0.00280. The monoisotopic (exact) mass is 191 g/mol. The first-order chi connectivity index (χ1) is 6.18. The van der Waals surface area contributed by atoms with Crippen molar-refractivity contribution in [3.05, 3.63) is 0 Å². The number of alkyl halides is 1. The predicted octanol–water partition coefficient (Wildman–Crippen LogP) is 1.02. The Morgan fingerprint density at radius 2 is 2.15 bits per heavy atom. The quantitative estimate of drug-likeness (QED) is 0.700. The summed E-state index contributed by atoms with van der Waals surface area (Å²) in [6.45, 7) is 0.731. The van der Waals surface area contributed by atoms with Gasteiger partial charge in [0, 0.05) is 25.2 Å². The van der Waals surface area contributed by atoms with Gasteiger partial charge in [0.15, 0.2) is 0 Å². The van der Waals surface area contributed by atoms with Crippen molar-refractivity contribution in [3.8, 4) is 0 Å². The number of halogens is 1. The minimum Gasteiger partial charge on any atom is -0.465 e. The Morgan fingerprint density at radius 1 is 1.54 bits per heavy atom. The minimum absolute atomic E-state index is 0.183. The molecule has 1 rings (SSSR count). The summed E-state index contributed by atoms with van der Waals surface area (Å²) in [6, 6.07) is 0. The van der Waals surface area contributed by atoms with Crippen molar-refractivity contribution in [2.24, 2.45) is 5.41 Å². The van der Waals surface area contributed by atoms with Gasteiger partial charge in [0.1, 0.15) is 0 Å². The van der Waals surface area contributed by atoms with Crippen molar-refractivity contribution >= 4 is 6.09 Å². The van der Waals surface area contributed by atoms with Gasteiger partial charge < -0.3 is 15.2 Å². The molecule has 0 atom stereocenters. The summed E-state index contributed by atoms with van der Waals surface area (Å²) in [6.07, 6.45) is 0.0763. The van der Waals surface area contributed by atoms with Crippen molar-refractivity contribution in [2.45, 2.75) is 12.8 Å². The molecule has 4 nitrogen and oxygen atoms in total. The zero-order valence-corrected chi connectivity index (χ0v) is 7.38. The van der Waals surface area contributed by atoms with Gasteiger partial charge in [-0.15, -0.1) is 0 Å². The molecule has 1 heterocycles. The fourth-order valence-electron chi connectivity index (χ4n) is 1.43. The maximum absolute atomic E-state index is 12.7. The second-order valence-electron chi connectivity index (χ2n) is 3.40. The first-order valence-electron chi connectivity index (χ1n) is 4.29. The van der Waals surface area contributed by atoms with Crippen LogP contribution in [0.3, 0.4) is 0 Å². The lowest BCUT2D eigenvalue weighted by Crippen LogP contribution is -2.42. The number of ether oxygens (including phenoxy) is 1. The molecule has 1 aliphatic heterocycles. The highest BCUT2D eigenvalue weighted by molar-refractivity contribution is 5.64. The molecule has 2 N–H and O–H groups in total. The lowest BCUT2D eigenvalue weighted by Gasteiger charge is -2.34. The van der Waals surface area contributed by atoms with Gasteiger partial charge in [-0.1, -0.05) is 0 Å². The summed E-state index contributed by atoms with van der Waals surface area (Å²) in [5.41, 5.74) is -0.531. The van der Waals surface area contributed by atoms with E-state index in [1.165, 1.54) is 0 Å². The lowest BCUT2D eigenvalue weighted by atomic mass is 9.81. The normalized spacial score (nSPS) is 21.0. The molecule has 0 unspecified atom stereocenters. The van der Waals surface area contributed by atoms with Crippen LogP contribution in [0.15, 0.2) is 0 Å². The third-order valence-electron chi connectivity index (χ3n) is 2.45. The summed E-state index contributed by atoms with van der Waals surface area (Å²) in [4.78, 5) is 10.2. The van der Waals surface area contributed by atoms with Crippen LogP contribution in [0, 0.1) is 5.41 Å². The third-order valence-corrected chi connectivity index (χ3v) is 2.45. The molecular formula is C8H14FNO3. The second-order valence-corrected chi connectivity index (χ2v) is 3.40. The third kappa shape index (κ3) is 2.84. The summed E-state index contributed by atoms with van der Waals surface area (Å²) in [5.74, 6) is 0. The Labute approximate surface area is 76.1 Å². The summed E-state index contributed by atoms with van der Waals surface area (Å²) < 4.78 is 17.8. The number of amides is 1. The molecule has 1 amide bonds. The molecule has 0 aliphatic carbocycles. The zero-order chi connectivity index (χ0) is 9.73. The number of hydrogen-bond acceptors (Lipinski definition) is 2. The minimum atomic E-state index is -1.10. The highest BCUT2D eigenvalue weighted by Gasteiger charge is 2.33. The number of carboxylic acid groups (broad SMARTS) is 1. The van der Waals surface area contributed by atoms with E-state index in [1.54, 1.807) is 0 Å². The van der Waals surface area contributed by atoms with Crippen LogP contribution in [0.5, 0.6) is 0 Å². The van der Waals surface area contributed by atoms with E-state index < -0.39 is 18.2 Å². The number of carbonyl (C=O) groups is 1. The Balaban J connectivity index is 2.42. The molecule has 5 heteroatoms. The Kier molecular flexibility index (Phi) is 3.48. The molecule has 0 bridgehead atoms. The molecule has 0 aromatic rings. The number of rotatable bonds is 3. The maximum atomic E-state index is 12.7. The van der Waals surface area contributed by atoms with E-state index >= 15 is 0 Å². The summed E-state index contributed by atoms with van der Waals surface area (Å²) in [7, 11) is 0. The van der Waals surface area contributed by atoms with Gasteiger partial charge in [-0.2, -0.15) is 0 Å². The Bertz CT molecular complexity index is 180. The predicted molar refractivity (Wildman–Crippen MR) is 44.5 cm³/mol. The SMILES string of the molecule is O=C(O)NCC1(CF)CCOCC1. The van der Waals surface area contributed by atoms with Gasteiger partial charge in [-0.25, -0.2) is 4.79 Å². The van der Waals surface area contributed by atoms with Crippen LogP contribution >= 0.6 is 0 Å². The number of nitrogens with one attached hydrogen (secondary N) is 1. The van der Waals surface area contributed by atoms with Crippen LogP contribution in [-0.4, -0.2) is 37.6 Å². The van der Waals surface area contributed by atoms with E-state index in [9.17, 15) is 9.18 Å². The van der Waals surface area contributed by atoms with Crippen LogP contribution in [0.1, 0.15) is 12.8 Å². The molecule has 1 saturated heterocycles. The second kappa shape index (κ2) is 4.41. The molecule has 1 fully saturated rings. The van der Waals surface area contributed by atoms with Gasteiger partial charge >= 0.3 is 6.09 Å². The van der Waals surface area contributed by atoms with E-state index in [0.29, 0.717) is 26.1 Å². The zero-order valence-electron chi connectivity index (χ0n) is 7.38. The fraction of sp³-hybridized carbons (Fsp3) is 0.875. The highest BCUT2D eigenvalue weighted by atomic mass is 19.1. The molecule has 0 aromatic carbocycles. The van der Waals surface area contributed by atoms with Crippen molar-refractivity contribution in [2.75, 3.05) is 26.4 Å².